The van der Waals surface area contributed by atoms with Gasteiger partial charge in [0.15, 0.2) is 0 Å². The Labute approximate surface area is 115 Å². The number of hydrogen-bond acceptors (Lipinski definition) is 3. The number of benzene rings is 1. The van der Waals surface area contributed by atoms with Gasteiger partial charge in [-0.1, -0.05) is 24.3 Å². The zero-order valence-electron chi connectivity index (χ0n) is 10.5. The van der Waals surface area contributed by atoms with Crippen molar-refractivity contribution in [1.29, 1.82) is 0 Å². The summed E-state index contributed by atoms with van der Waals surface area (Å²) in [7, 11) is 1.69. The molecule has 0 radical (unpaired) electrons. The number of nitrogens with two attached hydrogens (primary N) is 1. The highest BCUT2D eigenvalue weighted by atomic mass is 79.9. The zero-order valence-corrected chi connectivity index (χ0v) is 12.1. The normalized spacial score (nSPS) is 10.8. The molecule has 0 amide bonds. The molecule has 96 valence electrons. The van der Waals surface area contributed by atoms with Gasteiger partial charge in [-0.15, -0.1) is 0 Å². The van der Waals surface area contributed by atoms with Crippen LogP contribution in [0.5, 0.6) is 0 Å². The minimum Gasteiger partial charge on any atom is -0.383 e. The lowest BCUT2D eigenvalue weighted by Gasteiger charge is -2.09. The molecule has 2 rings (SSSR count). The van der Waals surface area contributed by atoms with Crippen molar-refractivity contribution in [2.45, 2.75) is 20.1 Å². The van der Waals surface area contributed by atoms with E-state index in [1.54, 1.807) is 11.8 Å². The molecule has 18 heavy (non-hydrogen) atoms. The molecule has 0 bridgehead atoms. The predicted molar refractivity (Wildman–Crippen MR) is 75.3 cm³/mol. The molecule has 1 heterocycles. The second-order valence-electron chi connectivity index (χ2n) is 4.14. The van der Waals surface area contributed by atoms with E-state index in [-0.39, 0.29) is 0 Å². The molecule has 0 atom stereocenters. The first-order valence-corrected chi connectivity index (χ1v) is 6.47. The van der Waals surface area contributed by atoms with E-state index in [0.29, 0.717) is 19.0 Å². The summed E-state index contributed by atoms with van der Waals surface area (Å²) in [5.41, 5.74) is 9.22. The SMILES string of the molecule is COCc1ccccc1Cn1nc(C)c(Br)c1N. The van der Waals surface area contributed by atoms with Gasteiger partial charge in [-0.25, -0.2) is 4.68 Å². The Morgan fingerprint density at radius 1 is 1.33 bits per heavy atom. The van der Waals surface area contributed by atoms with E-state index < -0.39 is 0 Å². The lowest BCUT2D eigenvalue weighted by Crippen LogP contribution is -2.08. The topological polar surface area (TPSA) is 53.1 Å². The van der Waals surface area contributed by atoms with Crippen molar-refractivity contribution >= 4 is 21.7 Å². The number of halogens is 1. The highest BCUT2D eigenvalue weighted by molar-refractivity contribution is 9.10. The average Bonchev–Trinajstić information content (AvgIpc) is 2.60. The third-order valence-electron chi connectivity index (χ3n) is 2.83. The number of rotatable bonds is 4. The fraction of sp³-hybridized carbons (Fsp3) is 0.308. The molecule has 0 aliphatic rings. The van der Waals surface area contributed by atoms with Crippen LogP contribution >= 0.6 is 15.9 Å². The van der Waals surface area contributed by atoms with Gasteiger partial charge < -0.3 is 10.5 Å². The van der Waals surface area contributed by atoms with Crippen LogP contribution in [0, 0.1) is 6.92 Å². The van der Waals surface area contributed by atoms with Crippen molar-refractivity contribution in [2.24, 2.45) is 0 Å². The van der Waals surface area contributed by atoms with Gasteiger partial charge in [-0.05, 0) is 34.0 Å². The molecule has 0 saturated carbocycles. The van der Waals surface area contributed by atoms with Crippen molar-refractivity contribution in [2.75, 3.05) is 12.8 Å². The van der Waals surface area contributed by atoms with Crippen LogP contribution in [0.25, 0.3) is 0 Å². The van der Waals surface area contributed by atoms with Crippen LogP contribution in [0.15, 0.2) is 28.7 Å². The Morgan fingerprint density at radius 2 is 2.00 bits per heavy atom. The van der Waals surface area contributed by atoms with Crippen molar-refractivity contribution < 1.29 is 4.74 Å². The molecule has 0 spiro atoms. The smallest absolute Gasteiger partial charge is 0.136 e. The number of nitrogen functional groups attached to an aromatic ring is 1. The van der Waals surface area contributed by atoms with Gasteiger partial charge in [0.2, 0.25) is 0 Å². The Balaban J connectivity index is 2.31. The largest absolute Gasteiger partial charge is 0.383 e. The van der Waals surface area contributed by atoms with Crippen LogP contribution in [-0.2, 0) is 17.9 Å². The monoisotopic (exact) mass is 309 g/mol. The standard InChI is InChI=1S/C13H16BrN3O/c1-9-12(14)13(15)17(16-9)7-10-5-3-4-6-11(10)8-18-2/h3-6H,7-8,15H2,1-2H3. The van der Waals surface area contributed by atoms with Crippen LogP contribution in [0.4, 0.5) is 5.82 Å². The van der Waals surface area contributed by atoms with Crippen molar-refractivity contribution in [3.05, 3.63) is 45.6 Å². The lowest BCUT2D eigenvalue weighted by molar-refractivity contribution is 0.184. The molecule has 4 nitrogen and oxygen atoms in total. The van der Waals surface area contributed by atoms with Crippen molar-refractivity contribution in [3.63, 3.8) is 0 Å². The molecule has 0 aliphatic carbocycles. The molecule has 1 aromatic heterocycles. The van der Waals surface area contributed by atoms with Gasteiger partial charge in [0.25, 0.3) is 0 Å². The van der Waals surface area contributed by atoms with Gasteiger partial charge in [-0.3, -0.25) is 0 Å². The molecule has 0 aliphatic heterocycles. The van der Waals surface area contributed by atoms with Gasteiger partial charge in [0, 0.05) is 7.11 Å². The second-order valence-corrected chi connectivity index (χ2v) is 4.94. The lowest BCUT2D eigenvalue weighted by atomic mass is 10.1. The van der Waals surface area contributed by atoms with Gasteiger partial charge in [0.1, 0.15) is 5.82 Å². The molecule has 0 saturated heterocycles. The average molecular weight is 310 g/mol. The highest BCUT2D eigenvalue weighted by Crippen LogP contribution is 2.24. The minimum atomic E-state index is 0.595. The number of ether oxygens (including phenoxy) is 1. The first-order chi connectivity index (χ1) is 8.63. The van der Waals surface area contributed by atoms with Crippen molar-refractivity contribution in [1.82, 2.24) is 9.78 Å². The number of aromatic nitrogens is 2. The van der Waals surface area contributed by atoms with Gasteiger partial charge in [0.05, 0.1) is 23.3 Å². The molecule has 1 aromatic carbocycles. The number of methoxy groups -OCH3 is 1. The van der Waals surface area contributed by atoms with Crippen molar-refractivity contribution in [3.8, 4) is 0 Å². The summed E-state index contributed by atoms with van der Waals surface area (Å²) < 4.78 is 7.86. The maximum atomic E-state index is 6.00. The van der Waals surface area contributed by atoms with E-state index in [1.807, 2.05) is 19.1 Å². The fourth-order valence-electron chi connectivity index (χ4n) is 1.87. The molecular formula is C13H16BrN3O. The summed E-state index contributed by atoms with van der Waals surface area (Å²) in [5.74, 6) is 0.653. The Hall–Kier alpha value is -1.33. The quantitative estimate of drug-likeness (QED) is 0.945. The van der Waals surface area contributed by atoms with E-state index >= 15 is 0 Å². The summed E-state index contributed by atoms with van der Waals surface area (Å²) in [4.78, 5) is 0. The molecule has 0 fully saturated rings. The molecule has 5 heteroatoms. The van der Waals surface area contributed by atoms with Crippen LogP contribution in [0.2, 0.25) is 0 Å². The van der Waals surface area contributed by atoms with Crippen LogP contribution in [0.1, 0.15) is 16.8 Å². The number of hydrogen-bond donors (Lipinski definition) is 1. The van der Waals surface area contributed by atoms with Crippen LogP contribution in [0.3, 0.4) is 0 Å². The van der Waals surface area contributed by atoms with Gasteiger partial charge in [-0.2, -0.15) is 5.10 Å². The molecular weight excluding hydrogens is 294 g/mol. The first-order valence-electron chi connectivity index (χ1n) is 5.67. The zero-order chi connectivity index (χ0) is 13.1. The first kappa shape index (κ1) is 13.1. The summed E-state index contributed by atoms with van der Waals surface area (Å²) >= 11 is 3.43. The van der Waals surface area contributed by atoms with Crippen LogP contribution in [-0.4, -0.2) is 16.9 Å². The Morgan fingerprint density at radius 3 is 2.56 bits per heavy atom. The van der Waals surface area contributed by atoms with E-state index in [0.717, 1.165) is 15.7 Å². The second kappa shape index (κ2) is 5.54. The third-order valence-corrected chi connectivity index (χ3v) is 3.81. The Bertz CT molecular complexity index is 551. The number of nitrogens with zero attached hydrogens (tertiary/aromatic N) is 2. The van der Waals surface area contributed by atoms with Crippen LogP contribution < -0.4 is 5.73 Å². The van der Waals surface area contributed by atoms with E-state index in [2.05, 4.69) is 33.2 Å². The fourth-order valence-corrected chi connectivity index (χ4v) is 2.15. The third kappa shape index (κ3) is 2.57. The molecule has 0 unspecified atom stereocenters. The molecule has 2 aromatic rings. The summed E-state index contributed by atoms with van der Waals surface area (Å²) in [6.45, 7) is 3.17. The minimum absolute atomic E-state index is 0.595. The van der Waals surface area contributed by atoms with Gasteiger partial charge >= 0.3 is 0 Å². The Kier molecular flexibility index (Phi) is 4.04. The predicted octanol–water partition coefficient (Wildman–Crippen LogP) is 2.73. The molecule has 2 N–H and O–H groups in total. The van der Waals surface area contributed by atoms with E-state index in [1.165, 1.54) is 5.56 Å². The summed E-state index contributed by atoms with van der Waals surface area (Å²) in [6.07, 6.45) is 0. The summed E-state index contributed by atoms with van der Waals surface area (Å²) in [5, 5.41) is 4.41. The number of anilines is 1. The number of aryl methyl sites for hydroxylation is 1. The maximum absolute atomic E-state index is 6.00. The van der Waals surface area contributed by atoms with E-state index in [9.17, 15) is 0 Å². The highest BCUT2D eigenvalue weighted by Gasteiger charge is 2.11. The summed E-state index contributed by atoms with van der Waals surface area (Å²) in [6, 6.07) is 8.14. The van der Waals surface area contributed by atoms with E-state index in [4.69, 9.17) is 10.5 Å². The maximum Gasteiger partial charge on any atom is 0.136 e.